The van der Waals surface area contributed by atoms with E-state index >= 15 is 0 Å². The number of aryl methyl sites for hydroxylation is 2. The fourth-order valence-electron chi connectivity index (χ4n) is 7.34. The van der Waals surface area contributed by atoms with Crippen molar-refractivity contribution in [1.29, 1.82) is 0 Å². The number of fused-ring (bicyclic) bond motifs is 2. The molecule has 4 heterocycles. The molecule has 2 fully saturated rings. The maximum Gasteiger partial charge on any atom is 0.251 e. The molecular weight excluding hydrogens is 717 g/mol. The second-order valence-corrected chi connectivity index (χ2v) is 15.5. The normalized spacial score (nSPS) is 16.2. The van der Waals surface area contributed by atoms with E-state index in [0.717, 1.165) is 96.4 Å². The SMILES string of the molecule is CCC(C)(O)C(=O)NC1CCN(c2nc(-c3ccccc3O)nc3cc(C)ccc23)CC1.Cc1ccc2c(N3CCC(N)CC3)nc(-c3ccccc3O)nc2c1. The number of hydrogen-bond donors (Lipinski definition) is 5. The van der Waals surface area contributed by atoms with Gasteiger partial charge in [-0.1, -0.05) is 43.3 Å². The highest BCUT2D eigenvalue weighted by atomic mass is 16.3. The van der Waals surface area contributed by atoms with Gasteiger partial charge in [0, 0.05) is 49.0 Å². The third-order valence-corrected chi connectivity index (χ3v) is 11.1. The van der Waals surface area contributed by atoms with Gasteiger partial charge in [0.25, 0.3) is 5.91 Å². The number of amides is 1. The van der Waals surface area contributed by atoms with E-state index in [-0.39, 0.29) is 29.5 Å². The molecule has 4 aromatic carbocycles. The number of aromatic nitrogens is 4. The summed E-state index contributed by atoms with van der Waals surface area (Å²) < 4.78 is 0. The Labute approximate surface area is 333 Å². The van der Waals surface area contributed by atoms with Crippen LogP contribution in [-0.2, 0) is 4.79 Å². The molecule has 2 aliphatic rings. The summed E-state index contributed by atoms with van der Waals surface area (Å²) in [4.78, 5) is 36.0. The highest BCUT2D eigenvalue weighted by Gasteiger charge is 2.31. The Kier molecular flexibility index (Phi) is 11.5. The van der Waals surface area contributed by atoms with Gasteiger partial charge in [-0.2, -0.15) is 0 Å². The fraction of sp³-hybridized carbons (Fsp3) is 0.356. The molecule has 0 spiro atoms. The van der Waals surface area contributed by atoms with Crippen LogP contribution in [0.15, 0.2) is 84.9 Å². The summed E-state index contributed by atoms with van der Waals surface area (Å²) in [5.41, 5.74) is 9.96. The number of aliphatic hydroxyl groups is 1. The summed E-state index contributed by atoms with van der Waals surface area (Å²) in [5.74, 6) is 2.83. The summed E-state index contributed by atoms with van der Waals surface area (Å²) in [6.45, 7) is 10.7. The molecule has 0 radical (unpaired) electrons. The van der Waals surface area contributed by atoms with Gasteiger partial charge in [-0.15, -0.1) is 0 Å². The zero-order valence-corrected chi connectivity index (χ0v) is 33.1. The van der Waals surface area contributed by atoms with Crippen molar-refractivity contribution >= 4 is 39.3 Å². The Hall–Kier alpha value is -5.85. The Morgan fingerprint density at radius 1 is 0.719 bits per heavy atom. The molecule has 1 amide bonds. The first-order chi connectivity index (χ1) is 27.4. The maximum absolute atomic E-state index is 12.3. The summed E-state index contributed by atoms with van der Waals surface area (Å²) in [6, 6.07) is 26.9. The first-order valence-corrected chi connectivity index (χ1v) is 19.8. The van der Waals surface area contributed by atoms with Crippen LogP contribution >= 0.6 is 0 Å². The van der Waals surface area contributed by atoms with E-state index in [2.05, 4.69) is 46.3 Å². The second kappa shape index (κ2) is 16.7. The van der Waals surface area contributed by atoms with Gasteiger partial charge in [-0.05, 0) is 113 Å². The van der Waals surface area contributed by atoms with E-state index in [1.807, 2.05) is 43.3 Å². The molecule has 1 unspecified atom stereocenters. The van der Waals surface area contributed by atoms with Crippen molar-refractivity contribution in [3.63, 3.8) is 0 Å². The van der Waals surface area contributed by atoms with Crippen molar-refractivity contribution in [2.24, 2.45) is 5.73 Å². The van der Waals surface area contributed by atoms with Crippen LogP contribution in [0.3, 0.4) is 0 Å². The first-order valence-electron chi connectivity index (χ1n) is 19.8. The molecule has 0 bridgehead atoms. The number of nitrogens with zero attached hydrogens (tertiary/aromatic N) is 6. The number of nitrogens with one attached hydrogen (secondary N) is 1. The van der Waals surface area contributed by atoms with Crippen LogP contribution in [0.1, 0.15) is 57.1 Å². The van der Waals surface area contributed by atoms with Crippen molar-refractivity contribution < 1.29 is 20.1 Å². The number of carbonyl (C=O) groups is 1. The molecular formula is C45H52N8O4. The molecule has 12 nitrogen and oxygen atoms in total. The van der Waals surface area contributed by atoms with E-state index < -0.39 is 5.60 Å². The number of anilines is 2. The van der Waals surface area contributed by atoms with E-state index in [1.165, 1.54) is 0 Å². The third-order valence-electron chi connectivity index (χ3n) is 11.1. The summed E-state index contributed by atoms with van der Waals surface area (Å²) in [6.07, 6.45) is 3.81. The number of aromatic hydroxyl groups is 2. The molecule has 2 aromatic heterocycles. The quantitative estimate of drug-likeness (QED) is 0.116. The molecule has 6 aromatic rings. The number of hydrogen-bond acceptors (Lipinski definition) is 11. The molecule has 2 saturated heterocycles. The predicted molar refractivity (Wildman–Crippen MR) is 226 cm³/mol. The van der Waals surface area contributed by atoms with Crippen LogP contribution in [0.4, 0.5) is 11.6 Å². The number of phenols is 2. The van der Waals surface area contributed by atoms with Crippen LogP contribution in [0.25, 0.3) is 44.6 Å². The van der Waals surface area contributed by atoms with Crippen LogP contribution in [0.5, 0.6) is 11.5 Å². The molecule has 12 heteroatoms. The lowest BCUT2D eigenvalue weighted by atomic mass is 9.99. The Balaban J connectivity index is 0.000000179. The van der Waals surface area contributed by atoms with Gasteiger partial charge >= 0.3 is 0 Å². The topological polar surface area (TPSA) is 174 Å². The summed E-state index contributed by atoms with van der Waals surface area (Å²) in [7, 11) is 0. The monoisotopic (exact) mass is 768 g/mol. The van der Waals surface area contributed by atoms with Crippen molar-refractivity contribution in [3.8, 4) is 34.3 Å². The number of nitrogens with two attached hydrogens (primary N) is 1. The Morgan fingerprint density at radius 3 is 1.60 bits per heavy atom. The lowest BCUT2D eigenvalue weighted by Crippen LogP contribution is -2.51. The number of benzene rings is 4. The molecule has 0 aliphatic carbocycles. The Morgan fingerprint density at radius 2 is 1.16 bits per heavy atom. The lowest BCUT2D eigenvalue weighted by molar-refractivity contribution is -0.139. The summed E-state index contributed by atoms with van der Waals surface area (Å²) >= 11 is 0. The van der Waals surface area contributed by atoms with Gasteiger partial charge in [0.05, 0.1) is 22.2 Å². The van der Waals surface area contributed by atoms with E-state index in [9.17, 15) is 20.1 Å². The predicted octanol–water partition coefficient (Wildman–Crippen LogP) is 6.80. The van der Waals surface area contributed by atoms with Crippen molar-refractivity contribution in [3.05, 3.63) is 96.1 Å². The third kappa shape index (κ3) is 8.77. The highest BCUT2D eigenvalue weighted by molar-refractivity contribution is 5.93. The molecule has 0 saturated carbocycles. The molecule has 1 atom stereocenters. The molecule has 2 aliphatic heterocycles. The fourth-order valence-corrected chi connectivity index (χ4v) is 7.34. The highest BCUT2D eigenvalue weighted by Crippen LogP contribution is 2.35. The summed E-state index contributed by atoms with van der Waals surface area (Å²) in [5, 5.41) is 35.7. The number of rotatable bonds is 7. The standard InChI is InChI=1S/C25H30N4O3.C20H22N4O/c1-4-25(3,32)24(31)26-17-11-13-29(14-12-17)23-18-10-9-16(2)15-20(18)27-22(28-23)19-7-5-6-8-21(19)30;1-13-6-7-15-17(12-13)22-19(16-4-2-3-5-18(16)25)23-20(15)24-10-8-14(21)9-11-24/h5-10,15,17,30,32H,4,11-14H2,1-3H3,(H,26,31);2-7,12,14,25H,8-11,21H2,1H3. The lowest BCUT2D eigenvalue weighted by Gasteiger charge is -2.35. The van der Waals surface area contributed by atoms with Crippen molar-refractivity contribution in [1.82, 2.24) is 25.3 Å². The second-order valence-electron chi connectivity index (χ2n) is 15.5. The van der Waals surface area contributed by atoms with Gasteiger partial charge in [0.2, 0.25) is 0 Å². The first kappa shape index (κ1) is 39.4. The van der Waals surface area contributed by atoms with Crippen LogP contribution < -0.4 is 20.9 Å². The van der Waals surface area contributed by atoms with E-state index in [0.29, 0.717) is 29.2 Å². The van der Waals surface area contributed by atoms with Crippen molar-refractivity contribution in [2.45, 2.75) is 77.5 Å². The van der Waals surface area contributed by atoms with Gasteiger partial charge in [-0.25, -0.2) is 19.9 Å². The number of piperidine rings is 2. The minimum Gasteiger partial charge on any atom is -0.507 e. The van der Waals surface area contributed by atoms with Gasteiger partial charge in [0.15, 0.2) is 11.6 Å². The largest absolute Gasteiger partial charge is 0.507 e. The number of para-hydroxylation sites is 2. The number of phenolic OH excluding ortho intramolecular Hbond substituents is 2. The van der Waals surface area contributed by atoms with E-state index in [4.69, 9.17) is 25.7 Å². The van der Waals surface area contributed by atoms with E-state index in [1.54, 1.807) is 38.1 Å². The van der Waals surface area contributed by atoms with Crippen LogP contribution in [0, 0.1) is 13.8 Å². The van der Waals surface area contributed by atoms with Crippen LogP contribution in [-0.4, -0.2) is 85.0 Å². The molecule has 57 heavy (non-hydrogen) atoms. The molecule has 6 N–H and O–H groups in total. The Bertz CT molecular complexity index is 2390. The van der Waals surface area contributed by atoms with Crippen molar-refractivity contribution in [2.75, 3.05) is 36.0 Å². The molecule has 296 valence electrons. The maximum atomic E-state index is 12.3. The van der Waals surface area contributed by atoms with Gasteiger partial charge in [-0.3, -0.25) is 4.79 Å². The molecule has 8 rings (SSSR count). The zero-order valence-electron chi connectivity index (χ0n) is 33.1. The van der Waals surface area contributed by atoms with Gasteiger partial charge < -0.3 is 36.2 Å². The minimum absolute atomic E-state index is 0.0183. The zero-order chi connectivity index (χ0) is 40.3. The minimum atomic E-state index is -1.34. The smallest absolute Gasteiger partial charge is 0.251 e. The number of carbonyl (C=O) groups excluding carboxylic acids is 1. The van der Waals surface area contributed by atoms with Gasteiger partial charge in [0.1, 0.15) is 28.7 Å². The average Bonchev–Trinajstić information content (AvgIpc) is 3.21. The average molecular weight is 769 g/mol. The van der Waals surface area contributed by atoms with Crippen LogP contribution in [0.2, 0.25) is 0 Å².